The van der Waals surface area contributed by atoms with Crippen molar-refractivity contribution in [1.29, 1.82) is 0 Å². The van der Waals surface area contributed by atoms with E-state index in [1.54, 1.807) is 19.2 Å². The minimum atomic E-state index is -3.56. The Morgan fingerprint density at radius 1 is 1.28 bits per heavy atom. The van der Waals surface area contributed by atoms with E-state index in [0.717, 1.165) is 6.26 Å². The number of carbonyl (C=O) groups excluding carboxylic acids is 3. The van der Waals surface area contributed by atoms with E-state index in [4.69, 9.17) is 5.73 Å². The fourth-order valence-electron chi connectivity index (χ4n) is 3.68. The molecule has 0 radical (unpaired) electrons. The predicted octanol–water partition coefficient (Wildman–Crippen LogP) is 0.745. The van der Waals surface area contributed by atoms with E-state index < -0.39 is 39.8 Å². The number of aromatic nitrogens is 1. The highest BCUT2D eigenvalue weighted by Crippen LogP contribution is 2.25. The molecule has 1 rings (SSSR count). The average molecular weight is 548 g/mol. The highest BCUT2D eigenvalue weighted by atomic mass is 32.2. The number of sulfonamides is 1. The Hall–Kier alpha value is -2.78. The standard InChI is InChI=1S/C21H37N7O6S2/c1-13(2)11-15(17(14(3)4)28(32)12-29)18(30)25-16(19(31)26-21-24-9-10-35-21)7-6-8-23-20(22)27-36(5,33)34/h9-10,12-17,32H,6-8,11H2,1-5H3,(H,25,30)(H3,22,23,27)(H,24,26,31)/t15-,16-,17-/m0/s1. The smallest absolute Gasteiger partial charge is 0.248 e. The van der Waals surface area contributed by atoms with E-state index in [-0.39, 0.29) is 37.2 Å². The van der Waals surface area contributed by atoms with Crippen LogP contribution in [0, 0.1) is 17.8 Å². The minimum Gasteiger partial charge on any atom is -0.369 e. The third kappa shape index (κ3) is 11.3. The number of nitrogens with two attached hydrogens (primary N) is 1. The molecule has 36 heavy (non-hydrogen) atoms. The second-order valence-electron chi connectivity index (χ2n) is 9.13. The van der Waals surface area contributed by atoms with E-state index in [2.05, 4.69) is 25.3 Å². The molecule has 6 N–H and O–H groups in total. The van der Waals surface area contributed by atoms with Crippen LogP contribution in [-0.2, 0) is 24.4 Å². The number of rotatable bonds is 15. The largest absolute Gasteiger partial charge is 0.369 e. The molecular formula is C21H37N7O6S2. The maximum atomic E-state index is 13.4. The van der Waals surface area contributed by atoms with Gasteiger partial charge in [0.15, 0.2) is 5.13 Å². The molecule has 1 aromatic rings. The molecule has 3 atom stereocenters. The maximum absolute atomic E-state index is 13.4. The molecule has 0 unspecified atom stereocenters. The zero-order valence-corrected chi connectivity index (χ0v) is 22.8. The summed E-state index contributed by atoms with van der Waals surface area (Å²) in [6, 6.07) is -1.77. The lowest BCUT2D eigenvalue weighted by molar-refractivity contribution is -0.174. The number of thiazole rings is 1. The Bertz CT molecular complexity index is 983. The molecule has 0 spiro atoms. The van der Waals surface area contributed by atoms with Crippen LogP contribution in [0.3, 0.4) is 0 Å². The van der Waals surface area contributed by atoms with Crippen molar-refractivity contribution in [1.82, 2.24) is 20.1 Å². The number of hydroxylamine groups is 2. The lowest BCUT2D eigenvalue weighted by atomic mass is 9.83. The molecule has 1 heterocycles. The van der Waals surface area contributed by atoms with Crippen LogP contribution >= 0.6 is 11.3 Å². The summed E-state index contributed by atoms with van der Waals surface area (Å²) in [6.45, 7) is 7.51. The molecule has 3 amide bonds. The summed E-state index contributed by atoms with van der Waals surface area (Å²) < 4.78 is 24.5. The second-order valence-corrected chi connectivity index (χ2v) is 11.8. The molecule has 1 aromatic heterocycles. The zero-order chi connectivity index (χ0) is 27.5. The fraction of sp³-hybridized carbons (Fsp3) is 0.667. The molecule has 13 nitrogen and oxygen atoms in total. The molecule has 0 bridgehead atoms. The molecule has 0 fully saturated rings. The van der Waals surface area contributed by atoms with Crippen LogP contribution < -0.4 is 21.1 Å². The van der Waals surface area contributed by atoms with Crippen LogP contribution in [0.5, 0.6) is 0 Å². The number of nitrogens with zero attached hydrogens (tertiary/aromatic N) is 3. The first-order chi connectivity index (χ1) is 16.7. The number of hydrogen-bond acceptors (Lipinski definition) is 9. The van der Waals surface area contributed by atoms with Gasteiger partial charge in [-0.3, -0.25) is 29.3 Å². The van der Waals surface area contributed by atoms with E-state index in [9.17, 15) is 28.0 Å². The minimum absolute atomic E-state index is 0.0734. The summed E-state index contributed by atoms with van der Waals surface area (Å²) in [7, 11) is -3.56. The molecule has 204 valence electrons. The molecular weight excluding hydrogens is 510 g/mol. The normalized spacial score (nSPS) is 14.7. The van der Waals surface area contributed by atoms with Gasteiger partial charge in [-0.15, -0.1) is 11.3 Å². The molecule has 0 aliphatic carbocycles. The topological polar surface area (TPSA) is 196 Å². The van der Waals surface area contributed by atoms with Crippen molar-refractivity contribution < 1.29 is 28.0 Å². The van der Waals surface area contributed by atoms with Crippen LogP contribution in [0.4, 0.5) is 5.13 Å². The van der Waals surface area contributed by atoms with Crippen molar-refractivity contribution in [3.05, 3.63) is 11.6 Å². The van der Waals surface area contributed by atoms with Gasteiger partial charge in [0.1, 0.15) is 6.04 Å². The summed E-state index contributed by atoms with van der Waals surface area (Å²) in [5, 5.41) is 18.1. The first-order valence-electron chi connectivity index (χ1n) is 11.5. The number of nitrogens with one attached hydrogen (secondary N) is 3. The number of amides is 3. The van der Waals surface area contributed by atoms with Gasteiger partial charge in [-0.05, 0) is 31.1 Å². The number of anilines is 1. The van der Waals surface area contributed by atoms with Crippen molar-refractivity contribution in [2.75, 3.05) is 18.1 Å². The van der Waals surface area contributed by atoms with E-state index in [0.29, 0.717) is 23.0 Å². The highest BCUT2D eigenvalue weighted by molar-refractivity contribution is 7.89. The monoisotopic (exact) mass is 547 g/mol. The first-order valence-corrected chi connectivity index (χ1v) is 14.2. The summed E-state index contributed by atoms with van der Waals surface area (Å²) >= 11 is 1.22. The lowest BCUT2D eigenvalue weighted by Gasteiger charge is -2.34. The van der Waals surface area contributed by atoms with Gasteiger partial charge in [0.25, 0.3) is 0 Å². The lowest BCUT2D eigenvalue weighted by Crippen LogP contribution is -2.52. The second kappa shape index (κ2) is 14.7. The molecule has 0 saturated heterocycles. The average Bonchev–Trinajstić information content (AvgIpc) is 3.26. The van der Waals surface area contributed by atoms with Crippen molar-refractivity contribution in [3.63, 3.8) is 0 Å². The van der Waals surface area contributed by atoms with E-state index in [1.165, 1.54) is 17.5 Å². The number of hydrogen-bond donors (Lipinski definition) is 5. The Balaban J connectivity index is 3.07. The Kier molecular flexibility index (Phi) is 12.8. The SMILES string of the molecule is CC(C)C[C@H](C(=O)N[C@@H](CCCN=C(N)NS(C)(=O)=O)C(=O)Nc1nccs1)[C@H](C(C)C)N(O)C=O. The van der Waals surface area contributed by atoms with Crippen LogP contribution in [0.2, 0.25) is 0 Å². The molecule has 0 aromatic carbocycles. The van der Waals surface area contributed by atoms with Crippen molar-refractivity contribution >= 4 is 50.7 Å². The van der Waals surface area contributed by atoms with Crippen molar-refractivity contribution in [2.45, 2.75) is 59.0 Å². The predicted molar refractivity (Wildman–Crippen MR) is 138 cm³/mol. The van der Waals surface area contributed by atoms with Gasteiger partial charge >= 0.3 is 0 Å². The van der Waals surface area contributed by atoms with Gasteiger partial charge in [0, 0.05) is 18.1 Å². The quantitative estimate of drug-likeness (QED) is 0.0529. The van der Waals surface area contributed by atoms with Gasteiger partial charge in [-0.1, -0.05) is 27.7 Å². The Morgan fingerprint density at radius 3 is 2.44 bits per heavy atom. The van der Waals surface area contributed by atoms with Crippen LogP contribution in [0.15, 0.2) is 16.6 Å². The van der Waals surface area contributed by atoms with Gasteiger partial charge in [0.2, 0.25) is 34.2 Å². The van der Waals surface area contributed by atoms with E-state index >= 15 is 0 Å². The molecule has 0 aliphatic rings. The summed E-state index contributed by atoms with van der Waals surface area (Å²) in [6.07, 6.45) is 3.58. The third-order valence-corrected chi connectivity index (χ3v) is 6.36. The first kappa shape index (κ1) is 31.3. The van der Waals surface area contributed by atoms with Crippen molar-refractivity contribution in [3.8, 4) is 0 Å². The fourth-order valence-corrected chi connectivity index (χ4v) is 4.65. The molecule has 15 heteroatoms. The highest BCUT2D eigenvalue weighted by Gasteiger charge is 2.36. The third-order valence-electron chi connectivity index (χ3n) is 5.09. The van der Waals surface area contributed by atoms with Crippen molar-refractivity contribution in [2.24, 2.45) is 28.5 Å². The zero-order valence-electron chi connectivity index (χ0n) is 21.2. The molecule has 0 saturated carbocycles. The number of carbonyl (C=O) groups is 3. The Morgan fingerprint density at radius 2 is 1.94 bits per heavy atom. The van der Waals surface area contributed by atoms with Gasteiger partial charge < -0.3 is 16.4 Å². The Labute approximate surface area is 215 Å². The van der Waals surface area contributed by atoms with Gasteiger partial charge in [-0.2, -0.15) is 0 Å². The summed E-state index contributed by atoms with van der Waals surface area (Å²) in [4.78, 5) is 45.6. The van der Waals surface area contributed by atoms with Crippen LogP contribution in [0.25, 0.3) is 0 Å². The summed E-state index contributed by atoms with van der Waals surface area (Å²) in [5.41, 5.74) is 5.54. The molecule has 0 aliphatic heterocycles. The number of aliphatic imine (C=N–C) groups is 1. The van der Waals surface area contributed by atoms with Gasteiger partial charge in [-0.25, -0.2) is 18.5 Å². The van der Waals surface area contributed by atoms with Gasteiger partial charge in [0.05, 0.1) is 18.2 Å². The van der Waals surface area contributed by atoms with E-state index in [1.807, 2.05) is 13.8 Å². The van der Waals surface area contributed by atoms with Crippen LogP contribution in [-0.4, -0.2) is 72.7 Å². The summed E-state index contributed by atoms with van der Waals surface area (Å²) in [5.74, 6) is -2.20. The maximum Gasteiger partial charge on any atom is 0.248 e. The van der Waals surface area contributed by atoms with Crippen LogP contribution in [0.1, 0.15) is 47.0 Å². The number of guanidine groups is 1.